The maximum atomic E-state index is 14.1. The Kier molecular flexibility index (Phi) is 4.80. The van der Waals surface area contributed by atoms with Gasteiger partial charge in [0, 0.05) is 23.3 Å². The summed E-state index contributed by atoms with van der Waals surface area (Å²) in [5, 5.41) is 11.5. The van der Waals surface area contributed by atoms with Crippen molar-refractivity contribution in [2.24, 2.45) is 5.73 Å². The van der Waals surface area contributed by atoms with Gasteiger partial charge in [0.25, 0.3) is 0 Å². The highest BCUT2D eigenvalue weighted by atomic mass is 79.9. The van der Waals surface area contributed by atoms with E-state index in [9.17, 15) is 8.78 Å². The highest BCUT2D eigenvalue weighted by molar-refractivity contribution is 9.10. The standard InChI is InChI=1S/C14H15BrF2N4O/c1-3-22-8-4-10(16)9(11(17)5-8)6-21-13(15)7(2)12(20-21)14(18)19/h4-5H,3,6H2,1-2H3,(H3,18,19). The molecule has 0 aliphatic rings. The lowest BCUT2D eigenvalue weighted by Gasteiger charge is -2.09. The van der Waals surface area contributed by atoms with E-state index in [0.29, 0.717) is 16.8 Å². The lowest BCUT2D eigenvalue weighted by atomic mass is 10.2. The van der Waals surface area contributed by atoms with Crippen molar-refractivity contribution in [1.82, 2.24) is 9.78 Å². The van der Waals surface area contributed by atoms with Gasteiger partial charge in [-0.1, -0.05) is 0 Å². The number of benzene rings is 1. The van der Waals surface area contributed by atoms with Gasteiger partial charge in [-0.2, -0.15) is 5.10 Å². The number of aromatic nitrogens is 2. The molecule has 118 valence electrons. The molecule has 0 spiro atoms. The van der Waals surface area contributed by atoms with Crippen LogP contribution in [0.3, 0.4) is 0 Å². The van der Waals surface area contributed by atoms with Crippen molar-refractivity contribution in [2.75, 3.05) is 6.61 Å². The van der Waals surface area contributed by atoms with Crippen molar-refractivity contribution in [2.45, 2.75) is 20.4 Å². The van der Waals surface area contributed by atoms with Crippen LogP contribution in [-0.2, 0) is 6.54 Å². The highest BCUT2D eigenvalue weighted by Crippen LogP contribution is 2.25. The van der Waals surface area contributed by atoms with Gasteiger partial charge in [0.05, 0.1) is 13.2 Å². The molecule has 2 aromatic rings. The number of rotatable bonds is 5. The van der Waals surface area contributed by atoms with Crippen molar-refractivity contribution in [3.05, 3.63) is 45.2 Å². The molecule has 0 atom stereocenters. The van der Waals surface area contributed by atoms with Crippen LogP contribution in [0, 0.1) is 24.0 Å². The molecule has 5 nitrogen and oxygen atoms in total. The second kappa shape index (κ2) is 6.43. The van der Waals surface area contributed by atoms with Gasteiger partial charge >= 0.3 is 0 Å². The Morgan fingerprint density at radius 1 is 1.41 bits per heavy atom. The highest BCUT2D eigenvalue weighted by Gasteiger charge is 2.18. The Hall–Kier alpha value is -1.96. The van der Waals surface area contributed by atoms with Crippen molar-refractivity contribution < 1.29 is 13.5 Å². The minimum atomic E-state index is -0.715. The van der Waals surface area contributed by atoms with Gasteiger partial charge in [0.1, 0.15) is 33.5 Å². The minimum absolute atomic E-state index is 0.126. The van der Waals surface area contributed by atoms with Crippen molar-refractivity contribution in [3.63, 3.8) is 0 Å². The SMILES string of the molecule is CCOc1cc(F)c(Cn2nc(C(=N)N)c(C)c2Br)c(F)c1. The molecule has 0 aliphatic carbocycles. The Labute approximate surface area is 134 Å². The van der Waals surface area contributed by atoms with Gasteiger partial charge in [-0.25, -0.2) is 8.78 Å². The smallest absolute Gasteiger partial charge is 0.144 e. The molecule has 0 radical (unpaired) electrons. The van der Waals surface area contributed by atoms with Crippen molar-refractivity contribution >= 4 is 21.8 Å². The van der Waals surface area contributed by atoms with Crippen LogP contribution >= 0.6 is 15.9 Å². The van der Waals surface area contributed by atoms with Crippen molar-refractivity contribution in [1.29, 1.82) is 5.41 Å². The predicted molar refractivity (Wildman–Crippen MR) is 82.3 cm³/mol. The van der Waals surface area contributed by atoms with Gasteiger partial charge < -0.3 is 10.5 Å². The summed E-state index contributed by atoms with van der Waals surface area (Å²) in [5.41, 5.74) is 6.20. The molecule has 0 bridgehead atoms. The Bertz CT molecular complexity index is 707. The summed E-state index contributed by atoms with van der Waals surface area (Å²) in [6.07, 6.45) is 0. The first kappa shape index (κ1) is 16.4. The van der Waals surface area contributed by atoms with E-state index in [1.165, 1.54) is 4.68 Å². The molecule has 0 saturated heterocycles. The van der Waals surface area contributed by atoms with E-state index in [0.717, 1.165) is 12.1 Å². The molecule has 1 heterocycles. The molecule has 22 heavy (non-hydrogen) atoms. The van der Waals surface area contributed by atoms with Crippen LogP contribution in [0.25, 0.3) is 0 Å². The fourth-order valence-electron chi connectivity index (χ4n) is 2.02. The summed E-state index contributed by atoms with van der Waals surface area (Å²) in [4.78, 5) is 0. The van der Waals surface area contributed by atoms with Crippen LogP contribution in [0.4, 0.5) is 8.78 Å². The second-order valence-electron chi connectivity index (χ2n) is 4.63. The number of halogens is 3. The molecule has 2 rings (SSSR count). The molecular formula is C14H15BrF2N4O. The zero-order chi connectivity index (χ0) is 16.4. The fourth-order valence-corrected chi connectivity index (χ4v) is 2.41. The molecule has 0 fully saturated rings. The van der Waals surface area contributed by atoms with Crippen LogP contribution in [-0.4, -0.2) is 22.2 Å². The topological polar surface area (TPSA) is 76.9 Å². The molecule has 0 aliphatic heterocycles. The molecule has 0 amide bonds. The van der Waals surface area contributed by atoms with Gasteiger partial charge in [0.2, 0.25) is 0 Å². The third-order valence-electron chi connectivity index (χ3n) is 3.10. The number of nitrogens with zero attached hydrogens (tertiary/aromatic N) is 2. The van der Waals surface area contributed by atoms with Crippen LogP contribution < -0.4 is 10.5 Å². The molecular weight excluding hydrogens is 358 g/mol. The summed E-state index contributed by atoms with van der Waals surface area (Å²) in [6, 6.07) is 2.27. The number of nitrogen functional groups attached to an aromatic ring is 1. The number of ether oxygens (including phenoxy) is 1. The van der Waals surface area contributed by atoms with Crippen LogP contribution in [0.1, 0.15) is 23.7 Å². The first-order valence-electron chi connectivity index (χ1n) is 6.53. The lowest BCUT2D eigenvalue weighted by molar-refractivity contribution is 0.335. The first-order chi connectivity index (χ1) is 10.3. The van der Waals surface area contributed by atoms with Gasteiger partial charge in [0.15, 0.2) is 0 Å². The van der Waals surface area contributed by atoms with Crippen LogP contribution in [0.15, 0.2) is 16.7 Å². The largest absolute Gasteiger partial charge is 0.494 e. The van der Waals surface area contributed by atoms with E-state index < -0.39 is 11.6 Å². The van der Waals surface area contributed by atoms with E-state index in [1.807, 2.05) is 0 Å². The number of nitrogens with two attached hydrogens (primary N) is 1. The van der Waals surface area contributed by atoms with Crippen LogP contribution in [0.2, 0.25) is 0 Å². The third kappa shape index (κ3) is 3.11. The Morgan fingerprint density at radius 3 is 2.45 bits per heavy atom. The van der Waals surface area contributed by atoms with Gasteiger partial charge in [-0.15, -0.1) is 0 Å². The maximum Gasteiger partial charge on any atom is 0.144 e. The summed E-state index contributed by atoms with van der Waals surface area (Å²) < 4.78 is 35.1. The molecule has 0 unspecified atom stereocenters. The fraction of sp³-hybridized carbons (Fsp3) is 0.286. The number of amidine groups is 1. The maximum absolute atomic E-state index is 14.1. The Morgan fingerprint density at radius 2 is 2.00 bits per heavy atom. The third-order valence-corrected chi connectivity index (χ3v) is 4.10. The second-order valence-corrected chi connectivity index (χ2v) is 5.39. The normalized spacial score (nSPS) is 10.8. The predicted octanol–water partition coefficient (Wildman–Crippen LogP) is 2.96. The summed E-state index contributed by atoms with van der Waals surface area (Å²) >= 11 is 3.29. The lowest BCUT2D eigenvalue weighted by Crippen LogP contribution is -2.14. The monoisotopic (exact) mass is 372 g/mol. The number of hydrogen-bond donors (Lipinski definition) is 2. The molecule has 8 heteroatoms. The average molecular weight is 373 g/mol. The van der Waals surface area contributed by atoms with Gasteiger partial charge in [-0.3, -0.25) is 10.1 Å². The summed E-state index contributed by atoms with van der Waals surface area (Å²) in [6.45, 7) is 3.65. The van der Waals surface area contributed by atoms with Gasteiger partial charge in [-0.05, 0) is 29.8 Å². The van der Waals surface area contributed by atoms with E-state index in [1.54, 1.807) is 13.8 Å². The zero-order valence-electron chi connectivity index (χ0n) is 12.1. The van der Waals surface area contributed by atoms with E-state index >= 15 is 0 Å². The molecule has 3 N–H and O–H groups in total. The number of nitrogens with one attached hydrogen (secondary N) is 1. The Balaban J connectivity index is 2.39. The first-order valence-corrected chi connectivity index (χ1v) is 7.32. The zero-order valence-corrected chi connectivity index (χ0v) is 13.7. The van der Waals surface area contributed by atoms with E-state index in [4.69, 9.17) is 15.9 Å². The summed E-state index contributed by atoms with van der Waals surface area (Å²) in [7, 11) is 0. The van der Waals surface area contributed by atoms with E-state index in [-0.39, 0.29) is 29.4 Å². The number of hydrogen-bond acceptors (Lipinski definition) is 3. The quantitative estimate of drug-likeness (QED) is 0.625. The molecule has 1 aromatic heterocycles. The molecule has 0 saturated carbocycles. The van der Waals surface area contributed by atoms with Crippen LogP contribution in [0.5, 0.6) is 5.75 Å². The summed E-state index contributed by atoms with van der Waals surface area (Å²) in [5.74, 6) is -1.49. The average Bonchev–Trinajstić information content (AvgIpc) is 2.71. The van der Waals surface area contributed by atoms with Crippen molar-refractivity contribution in [3.8, 4) is 5.75 Å². The minimum Gasteiger partial charge on any atom is -0.494 e. The molecule has 1 aromatic carbocycles. The van der Waals surface area contributed by atoms with E-state index in [2.05, 4.69) is 21.0 Å².